The molecule has 26 heavy (non-hydrogen) atoms. The number of likely N-dealkylation sites (tertiary alicyclic amines) is 1. The topological polar surface area (TPSA) is 59.9 Å². The predicted molar refractivity (Wildman–Crippen MR) is 118 cm³/mol. The van der Waals surface area contributed by atoms with Gasteiger partial charge in [0.2, 0.25) is 5.95 Å². The van der Waals surface area contributed by atoms with Crippen LogP contribution in [0.2, 0.25) is 0 Å². The maximum atomic E-state index is 4.82. The van der Waals surface area contributed by atoms with E-state index in [0.29, 0.717) is 0 Å². The Kier molecular flexibility index (Phi) is 9.38. The molecule has 3 rings (SSSR count). The zero-order valence-corrected chi connectivity index (χ0v) is 18.1. The maximum absolute atomic E-state index is 4.82. The molecule has 0 unspecified atom stereocenters. The lowest BCUT2D eigenvalue weighted by atomic mass is 10.3. The van der Waals surface area contributed by atoms with Gasteiger partial charge in [0.25, 0.3) is 0 Å². The quantitative estimate of drug-likeness (QED) is 0.294. The van der Waals surface area contributed by atoms with Crippen molar-refractivity contribution in [3.8, 4) is 0 Å². The largest absolute Gasteiger partial charge is 0.357 e. The number of aliphatic imine (C=N–C) groups is 1. The molecule has 1 aromatic heterocycles. The minimum atomic E-state index is 0. The van der Waals surface area contributed by atoms with Gasteiger partial charge in [-0.15, -0.1) is 24.0 Å². The molecule has 1 N–H and O–H groups in total. The first-order valence-electron chi connectivity index (χ1n) is 9.64. The third-order valence-electron chi connectivity index (χ3n) is 4.84. The zero-order chi connectivity index (χ0) is 17.3. The van der Waals surface area contributed by atoms with E-state index in [4.69, 9.17) is 4.99 Å². The summed E-state index contributed by atoms with van der Waals surface area (Å²) in [7, 11) is 0. The molecule has 0 aromatic carbocycles. The molecule has 0 spiro atoms. The van der Waals surface area contributed by atoms with E-state index in [1.165, 1.54) is 12.8 Å². The van der Waals surface area contributed by atoms with Crippen molar-refractivity contribution in [2.45, 2.75) is 26.2 Å². The van der Waals surface area contributed by atoms with Gasteiger partial charge in [-0.05, 0) is 32.3 Å². The number of guanidine groups is 1. The minimum absolute atomic E-state index is 0. The van der Waals surface area contributed by atoms with Crippen LogP contribution in [-0.2, 0) is 0 Å². The van der Waals surface area contributed by atoms with Crippen molar-refractivity contribution in [3.05, 3.63) is 18.5 Å². The van der Waals surface area contributed by atoms with Gasteiger partial charge in [-0.2, -0.15) is 0 Å². The van der Waals surface area contributed by atoms with Crippen molar-refractivity contribution in [2.24, 2.45) is 4.99 Å². The Labute approximate surface area is 174 Å². The number of hydrogen-bond donors (Lipinski definition) is 1. The molecule has 0 radical (unpaired) electrons. The van der Waals surface area contributed by atoms with E-state index in [1.807, 2.05) is 18.5 Å². The lowest BCUT2D eigenvalue weighted by Crippen LogP contribution is -2.47. The van der Waals surface area contributed by atoms with Crippen LogP contribution in [0.15, 0.2) is 23.5 Å². The van der Waals surface area contributed by atoms with Crippen molar-refractivity contribution in [1.29, 1.82) is 0 Å². The van der Waals surface area contributed by atoms with Crippen LogP contribution in [0.3, 0.4) is 0 Å². The number of piperazine rings is 1. The van der Waals surface area contributed by atoms with Crippen molar-refractivity contribution in [3.63, 3.8) is 0 Å². The van der Waals surface area contributed by atoms with E-state index in [0.717, 1.165) is 77.2 Å². The highest BCUT2D eigenvalue weighted by Gasteiger charge is 2.18. The highest BCUT2D eigenvalue weighted by atomic mass is 127. The van der Waals surface area contributed by atoms with Crippen molar-refractivity contribution in [2.75, 3.05) is 63.8 Å². The standard InChI is InChI=1S/C18H31N7.HI/c1-2-19-17(24-11-3-4-12-24)22-9-6-10-23-13-15-25(16-14-23)18-20-7-5-8-21-18;/h5,7-8H,2-4,6,9-16H2,1H3,(H,19,22);1H. The van der Waals surface area contributed by atoms with Crippen LogP contribution in [0.4, 0.5) is 5.95 Å². The van der Waals surface area contributed by atoms with Crippen LogP contribution >= 0.6 is 24.0 Å². The number of hydrogen-bond acceptors (Lipinski definition) is 5. The average molecular weight is 473 g/mol. The zero-order valence-electron chi connectivity index (χ0n) is 15.8. The summed E-state index contributed by atoms with van der Waals surface area (Å²) in [6.07, 6.45) is 7.33. The highest BCUT2D eigenvalue weighted by Crippen LogP contribution is 2.10. The molecule has 1 aromatic rings. The molecule has 0 saturated carbocycles. The minimum Gasteiger partial charge on any atom is -0.357 e. The molecule has 8 heteroatoms. The van der Waals surface area contributed by atoms with Gasteiger partial charge in [0.15, 0.2) is 5.96 Å². The van der Waals surface area contributed by atoms with Gasteiger partial charge < -0.3 is 15.1 Å². The van der Waals surface area contributed by atoms with E-state index < -0.39 is 0 Å². The second kappa shape index (κ2) is 11.5. The fourth-order valence-corrected chi connectivity index (χ4v) is 3.46. The van der Waals surface area contributed by atoms with Crippen molar-refractivity contribution in [1.82, 2.24) is 25.1 Å². The molecule has 146 valence electrons. The summed E-state index contributed by atoms with van der Waals surface area (Å²) in [4.78, 5) is 20.7. The summed E-state index contributed by atoms with van der Waals surface area (Å²) < 4.78 is 0. The SMILES string of the molecule is CCNC(=NCCCN1CCN(c2ncccn2)CC1)N1CCCC1.I. The Balaban J connectivity index is 0.00000243. The Hall–Kier alpha value is -1.16. The lowest BCUT2D eigenvalue weighted by molar-refractivity contribution is 0.255. The van der Waals surface area contributed by atoms with Crippen LogP contribution in [0, 0.1) is 0 Å². The van der Waals surface area contributed by atoms with Crippen LogP contribution in [0.25, 0.3) is 0 Å². The molecule has 0 amide bonds. The highest BCUT2D eigenvalue weighted by molar-refractivity contribution is 14.0. The maximum Gasteiger partial charge on any atom is 0.225 e. The van der Waals surface area contributed by atoms with Gasteiger partial charge in [0, 0.05) is 71.3 Å². The average Bonchev–Trinajstić information content (AvgIpc) is 3.20. The fraction of sp³-hybridized carbons (Fsp3) is 0.722. The van der Waals surface area contributed by atoms with Crippen LogP contribution < -0.4 is 10.2 Å². The van der Waals surface area contributed by atoms with E-state index in [9.17, 15) is 0 Å². The van der Waals surface area contributed by atoms with E-state index >= 15 is 0 Å². The normalized spacial score (nSPS) is 18.7. The van der Waals surface area contributed by atoms with Gasteiger partial charge in [0.05, 0.1) is 0 Å². The number of rotatable bonds is 6. The van der Waals surface area contributed by atoms with E-state index in [2.05, 4.69) is 36.9 Å². The van der Waals surface area contributed by atoms with Crippen molar-refractivity contribution < 1.29 is 0 Å². The fourth-order valence-electron chi connectivity index (χ4n) is 3.46. The summed E-state index contributed by atoms with van der Waals surface area (Å²) in [6.45, 7) is 11.6. The molecule has 2 aliphatic rings. The van der Waals surface area contributed by atoms with Crippen molar-refractivity contribution >= 4 is 35.9 Å². The third kappa shape index (κ3) is 6.22. The van der Waals surface area contributed by atoms with E-state index in [1.54, 1.807) is 0 Å². The third-order valence-corrected chi connectivity index (χ3v) is 4.84. The Bertz CT molecular complexity index is 526. The second-order valence-electron chi connectivity index (χ2n) is 6.66. The summed E-state index contributed by atoms with van der Waals surface area (Å²) in [5.41, 5.74) is 0. The molecule has 2 fully saturated rings. The molecule has 0 bridgehead atoms. The number of nitrogens with zero attached hydrogens (tertiary/aromatic N) is 6. The van der Waals surface area contributed by atoms with Crippen LogP contribution in [-0.4, -0.2) is 84.6 Å². The van der Waals surface area contributed by atoms with Gasteiger partial charge >= 0.3 is 0 Å². The molecule has 0 aliphatic carbocycles. The van der Waals surface area contributed by atoms with E-state index in [-0.39, 0.29) is 24.0 Å². The molecule has 2 saturated heterocycles. The molecule has 2 aliphatic heterocycles. The molecule has 0 atom stereocenters. The number of halogens is 1. The first kappa shape index (κ1) is 21.1. The Morgan fingerprint density at radius 2 is 1.77 bits per heavy atom. The van der Waals surface area contributed by atoms with Crippen LogP contribution in [0.5, 0.6) is 0 Å². The molecule has 7 nitrogen and oxygen atoms in total. The number of nitrogens with one attached hydrogen (secondary N) is 1. The summed E-state index contributed by atoms with van der Waals surface area (Å²) in [6, 6.07) is 1.87. The van der Waals surface area contributed by atoms with Gasteiger partial charge in [-0.3, -0.25) is 9.89 Å². The van der Waals surface area contributed by atoms with Gasteiger partial charge in [-0.1, -0.05) is 0 Å². The van der Waals surface area contributed by atoms with Gasteiger partial charge in [0.1, 0.15) is 0 Å². The number of anilines is 1. The molecule has 3 heterocycles. The summed E-state index contributed by atoms with van der Waals surface area (Å²) in [5, 5.41) is 3.43. The second-order valence-corrected chi connectivity index (χ2v) is 6.66. The van der Waals surface area contributed by atoms with Crippen LogP contribution in [0.1, 0.15) is 26.2 Å². The number of aromatic nitrogens is 2. The first-order chi connectivity index (χ1) is 12.4. The van der Waals surface area contributed by atoms with Gasteiger partial charge in [-0.25, -0.2) is 9.97 Å². The summed E-state index contributed by atoms with van der Waals surface area (Å²) >= 11 is 0. The lowest BCUT2D eigenvalue weighted by Gasteiger charge is -2.34. The monoisotopic (exact) mass is 473 g/mol. The molecular weight excluding hydrogens is 441 g/mol. The summed E-state index contributed by atoms with van der Waals surface area (Å²) in [5.74, 6) is 1.96. The first-order valence-corrected chi connectivity index (χ1v) is 9.64. The predicted octanol–water partition coefficient (Wildman–Crippen LogP) is 1.67. The Morgan fingerprint density at radius 1 is 1.08 bits per heavy atom. The molecular formula is C18H32IN7. The smallest absolute Gasteiger partial charge is 0.225 e. The Morgan fingerprint density at radius 3 is 2.42 bits per heavy atom.